The van der Waals surface area contributed by atoms with Gasteiger partial charge in [0.1, 0.15) is 39.8 Å². The first-order valence-electron chi connectivity index (χ1n) is 39.8. The smallest absolute Gasteiger partial charge is 0.494 e. The lowest BCUT2D eigenvalue weighted by molar-refractivity contribution is -0.129. The van der Waals surface area contributed by atoms with Crippen LogP contribution in [0.2, 0.25) is 0 Å². The van der Waals surface area contributed by atoms with Crippen molar-refractivity contribution in [3.05, 3.63) is 220 Å². The molecule has 5 aliphatic heterocycles. The molecule has 5 aliphatic rings. The molecule has 0 spiro atoms. The summed E-state index contributed by atoms with van der Waals surface area (Å²) in [6, 6.07) is 47.2. The van der Waals surface area contributed by atoms with Crippen LogP contribution in [-0.2, 0) is 41.5 Å². The molecule has 0 aliphatic carbocycles. The molecule has 119 heavy (non-hydrogen) atoms. The minimum Gasteiger partial charge on any atom is -0.497 e. The first-order valence-corrected chi connectivity index (χ1v) is 39.8. The standard InChI is InChI=1S/C28H32N4O4.C25H26N4O3.C22H32BNO4.C16H16N4O3/c1-19(33)25-26(30-32(29-25)18-20-6-12-24(35-5)13-7-20)23-10-8-21(9-11-23)22-14-16-31(17-15-22)27(34)36-28(2,3)4;1-17(30)24-25(27-29(26-24)16-19-4-10-23(32-3)11-5-19)22-8-6-20(7-9-22)21-12-14-28(15-13-21)18(2)31;1-20(2,3)26-19(25)24-14-12-17(13-15-24)16-8-10-18(11-9-16)23-27-21(4,5)22(6,7)28-23;1-10(21)20-8-6-12(7-9-20)11-2-4-13(5-3-11)14-15(16(22)23)18-19-17-14/h6-14H,15-18H2,1-5H3;4-12H,13-16H2,1-3H3;8-12H,13-15H2,1-7H3;2-6H,7-9H2,1H3,(H,22,23)(H,17,18,19). The van der Waals surface area contributed by atoms with E-state index in [2.05, 4.69) is 112 Å². The van der Waals surface area contributed by atoms with Gasteiger partial charge in [0.05, 0.1) is 38.5 Å². The number of nitrogens with zero attached hydrogens (tertiary/aromatic N) is 12. The number of aromatic nitrogens is 9. The van der Waals surface area contributed by atoms with E-state index in [0.717, 1.165) is 94.7 Å². The molecule has 1 saturated heterocycles. The van der Waals surface area contributed by atoms with E-state index in [0.29, 0.717) is 86.4 Å². The van der Waals surface area contributed by atoms with Crippen molar-refractivity contribution in [1.29, 1.82) is 0 Å². The van der Waals surface area contributed by atoms with Gasteiger partial charge in [0, 0.05) is 96.7 Å². The van der Waals surface area contributed by atoms with Crippen molar-refractivity contribution >= 4 is 76.4 Å². The lowest BCUT2D eigenvalue weighted by Crippen LogP contribution is -2.41. The fraction of sp³-hybridized carbons (Fsp3) is 0.374. The molecule has 2 N–H and O–H groups in total. The van der Waals surface area contributed by atoms with Crippen LogP contribution in [0.25, 0.3) is 56.1 Å². The summed E-state index contributed by atoms with van der Waals surface area (Å²) in [5, 5.41) is 37.1. The number of aromatic amines is 1. The lowest BCUT2D eigenvalue weighted by Gasteiger charge is -2.32. The molecule has 3 aromatic heterocycles. The highest BCUT2D eigenvalue weighted by Crippen LogP contribution is 2.38. The molecule has 0 radical (unpaired) electrons. The second-order valence-electron chi connectivity index (χ2n) is 32.6. The minimum absolute atomic E-state index is 0.0860. The number of carboxylic acid groups (broad SMARTS) is 1. The van der Waals surface area contributed by atoms with Gasteiger partial charge in [-0.05, 0) is 180 Å². The molecule has 622 valence electrons. The lowest BCUT2D eigenvalue weighted by atomic mass is 9.78. The van der Waals surface area contributed by atoms with E-state index >= 15 is 0 Å². The highest BCUT2D eigenvalue weighted by atomic mass is 16.7. The quantitative estimate of drug-likeness (QED) is 0.0632. The number of carboxylic acids is 1. The van der Waals surface area contributed by atoms with Gasteiger partial charge in [-0.2, -0.15) is 30.1 Å². The van der Waals surface area contributed by atoms with E-state index in [4.69, 9.17) is 33.4 Å². The van der Waals surface area contributed by atoms with Crippen LogP contribution in [0.5, 0.6) is 11.5 Å². The van der Waals surface area contributed by atoms with Crippen LogP contribution in [0.15, 0.2) is 170 Å². The summed E-state index contributed by atoms with van der Waals surface area (Å²) < 4.78 is 33.6. The van der Waals surface area contributed by atoms with Crippen LogP contribution in [0, 0.1) is 0 Å². The number of aromatic carboxylic acids is 1. The summed E-state index contributed by atoms with van der Waals surface area (Å²) in [7, 11) is 2.92. The Labute approximate surface area is 695 Å². The van der Waals surface area contributed by atoms with Gasteiger partial charge in [-0.25, -0.2) is 14.4 Å². The first kappa shape index (κ1) is 87.4. The zero-order valence-corrected chi connectivity index (χ0v) is 70.8. The van der Waals surface area contributed by atoms with Gasteiger partial charge in [-0.3, -0.25) is 19.2 Å². The van der Waals surface area contributed by atoms with Crippen LogP contribution in [-0.4, -0.2) is 208 Å². The number of amides is 4. The average molecular weight is 1620 g/mol. The molecule has 27 nitrogen and oxygen atoms in total. The highest BCUT2D eigenvalue weighted by molar-refractivity contribution is 6.62. The fourth-order valence-electron chi connectivity index (χ4n) is 13.7. The largest absolute Gasteiger partial charge is 0.497 e. The van der Waals surface area contributed by atoms with Gasteiger partial charge in [0.2, 0.25) is 11.8 Å². The maximum atomic E-state index is 12.3. The Morgan fingerprint density at radius 2 is 0.731 bits per heavy atom. The van der Waals surface area contributed by atoms with E-state index in [1.54, 1.807) is 52.4 Å². The van der Waals surface area contributed by atoms with E-state index in [-0.39, 0.29) is 59.6 Å². The number of carbonyl (C=O) groups excluding carboxylic acids is 6. The molecule has 4 amide bonds. The number of hydrogen-bond acceptors (Lipinski definition) is 19. The SMILES string of the molecule is CC(=O)N1CC=C(c2ccc(-c3n[nH]nc3C(=O)O)cc2)CC1.CC(C)(C)OC(=O)N1CC=C(c2ccc(B3OC(C)(C)C(C)(C)O3)cc2)CC1.COc1ccc(Cn2nc(C(C)=O)c(-c3ccc(C4=CCN(C(=O)OC(C)(C)C)CC4)cc3)n2)cc1.COc1ccc(Cn2nc(C(C)=O)c(-c3ccc(C4=CCN(C(C)=O)CC4)cc3)n2)cc1. The predicted octanol–water partition coefficient (Wildman–Crippen LogP) is 14.9. The number of rotatable bonds is 17. The second-order valence-corrected chi connectivity index (χ2v) is 32.6. The van der Waals surface area contributed by atoms with Gasteiger partial charge in [0.15, 0.2) is 28.6 Å². The minimum atomic E-state index is -1.11. The molecule has 6 aromatic carbocycles. The van der Waals surface area contributed by atoms with Crippen LogP contribution in [0.4, 0.5) is 9.59 Å². The summed E-state index contributed by atoms with van der Waals surface area (Å²) in [6.07, 6.45) is 11.0. The molecular formula is C91H106BN13O14. The zero-order valence-electron chi connectivity index (χ0n) is 70.8. The maximum absolute atomic E-state index is 12.3. The number of nitrogens with one attached hydrogen (secondary N) is 1. The van der Waals surface area contributed by atoms with Crippen molar-refractivity contribution in [2.45, 2.75) is 158 Å². The number of carbonyl (C=O) groups is 7. The van der Waals surface area contributed by atoms with Crippen molar-refractivity contribution in [2.24, 2.45) is 0 Å². The van der Waals surface area contributed by atoms with Gasteiger partial charge >= 0.3 is 25.3 Å². The van der Waals surface area contributed by atoms with Gasteiger partial charge < -0.3 is 53.0 Å². The Kier molecular flexibility index (Phi) is 27.8. The molecule has 8 heterocycles. The second kappa shape index (κ2) is 37.9. The third kappa shape index (κ3) is 22.9. The van der Waals surface area contributed by atoms with Crippen molar-refractivity contribution in [2.75, 3.05) is 66.6 Å². The molecule has 28 heteroatoms. The number of benzene rings is 6. The number of methoxy groups -OCH3 is 2. The van der Waals surface area contributed by atoms with Gasteiger partial charge in [0.25, 0.3) is 0 Å². The van der Waals surface area contributed by atoms with Crippen molar-refractivity contribution < 1.29 is 66.9 Å². The Hall–Kier alpha value is -12.4. The maximum Gasteiger partial charge on any atom is 0.494 e. The summed E-state index contributed by atoms with van der Waals surface area (Å²) >= 11 is 0. The average Bonchev–Trinajstić information content (AvgIpc) is 1.62. The van der Waals surface area contributed by atoms with Gasteiger partial charge in [-0.15, -0.1) is 15.3 Å². The fourth-order valence-corrected chi connectivity index (χ4v) is 13.7. The number of ketones is 2. The summed E-state index contributed by atoms with van der Waals surface area (Å²) in [4.78, 5) is 93.2. The van der Waals surface area contributed by atoms with Crippen molar-refractivity contribution in [3.8, 4) is 45.3 Å². The monoisotopic (exact) mass is 1620 g/mol. The molecule has 14 rings (SSSR count). The van der Waals surface area contributed by atoms with E-state index in [1.807, 2.05) is 168 Å². The third-order valence-corrected chi connectivity index (χ3v) is 21.1. The van der Waals surface area contributed by atoms with Crippen LogP contribution < -0.4 is 14.9 Å². The summed E-state index contributed by atoms with van der Waals surface area (Å²) in [5.74, 6) is 0.388. The Bertz CT molecular complexity index is 5250. The zero-order chi connectivity index (χ0) is 85.7. The van der Waals surface area contributed by atoms with Gasteiger partial charge in [-0.1, -0.05) is 146 Å². The number of Topliss-reactive ketones (excluding diaryl/α,β-unsaturated/α-hetero) is 2. The Morgan fingerprint density at radius 1 is 0.420 bits per heavy atom. The molecule has 0 bridgehead atoms. The Morgan fingerprint density at radius 3 is 1.02 bits per heavy atom. The summed E-state index contributed by atoms with van der Waals surface area (Å²) in [5.41, 5.74) is 15.1. The van der Waals surface area contributed by atoms with E-state index in [1.165, 1.54) is 41.7 Å². The Balaban J connectivity index is 0.000000157. The first-order chi connectivity index (χ1) is 56.5. The molecule has 0 atom stereocenters. The van der Waals surface area contributed by atoms with E-state index in [9.17, 15) is 33.6 Å². The highest BCUT2D eigenvalue weighted by Gasteiger charge is 2.52. The van der Waals surface area contributed by atoms with Crippen molar-refractivity contribution in [3.63, 3.8) is 0 Å². The van der Waals surface area contributed by atoms with Crippen LogP contribution >= 0.6 is 0 Å². The molecule has 0 unspecified atom stereocenters. The van der Waals surface area contributed by atoms with Crippen molar-refractivity contribution in [1.82, 2.24) is 65.0 Å². The molecular weight excluding hydrogens is 1510 g/mol. The summed E-state index contributed by atoms with van der Waals surface area (Å²) in [6.45, 7) is 31.7. The number of ether oxygens (including phenoxy) is 4. The predicted molar refractivity (Wildman–Crippen MR) is 457 cm³/mol. The molecule has 0 saturated carbocycles. The topological polar surface area (TPSA) is 311 Å². The van der Waals surface area contributed by atoms with E-state index < -0.39 is 17.2 Å². The number of H-pyrrole nitrogens is 1. The normalized spacial score (nSPS) is 15.7. The van der Waals surface area contributed by atoms with Crippen LogP contribution in [0.3, 0.4) is 0 Å². The molecule has 9 aromatic rings. The number of hydrogen-bond donors (Lipinski definition) is 2. The molecule has 1 fully saturated rings. The third-order valence-electron chi connectivity index (χ3n) is 21.1. The van der Waals surface area contributed by atoms with Crippen LogP contribution in [0.1, 0.15) is 187 Å².